The maximum absolute atomic E-state index is 12.6. The molecule has 34 heavy (non-hydrogen) atoms. The van der Waals surface area contributed by atoms with Gasteiger partial charge in [0.2, 0.25) is 5.88 Å². The van der Waals surface area contributed by atoms with Gasteiger partial charge in [-0.25, -0.2) is 4.79 Å². The van der Waals surface area contributed by atoms with Crippen LogP contribution in [0.4, 0.5) is 0 Å². The Labute approximate surface area is 199 Å². The third-order valence-electron chi connectivity index (χ3n) is 5.82. The molecular weight excluding hydrogens is 428 g/mol. The van der Waals surface area contributed by atoms with Crippen molar-refractivity contribution in [2.75, 3.05) is 7.11 Å². The lowest BCUT2D eigenvalue weighted by Crippen LogP contribution is -2.21. The highest BCUT2D eigenvalue weighted by Gasteiger charge is 2.31. The van der Waals surface area contributed by atoms with Crippen LogP contribution in [0.15, 0.2) is 78.2 Å². The predicted molar refractivity (Wildman–Crippen MR) is 129 cm³/mol. The average molecular weight is 455 g/mol. The van der Waals surface area contributed by atoms with Crippen molar-refractivity contribution in [3.05, 3.63) is 100 Å². The second-order valence-electron chi connectivity index (χ2n) is 9.12. The Hall–Kier alpha value is -4.24. The molecule has 0 fully saturated rings. The fraction of sp³-hybridized carbons (Fsp3) is 0.214. The molecule has 0 aliphatic carbocycles. The summed E-state index contributed by atoms with van der Waals surface area (Å²) in [6, 6.07) is 22.2. The first-order chi connectivity index (χ1) is 16.2. The number of rotatable bonds is 4. The molecule has 6 heteroatoms. The third kappa shape index (κ3) is 4.46. The van der Waals surface area contributed by atoms with Crippen LogP contribution in [0.1, 0.15) is 53.7 Å². The Morgan fingerprint density at radius 3 is 2.41 bits per heavy atom. The largest absolute Gasteiger partial charge is 0.497 e. The smallest absolute Gasteiger partial charge is 0.343 e. The van der Waals surface area contributed by atoms with E-state index in [9.17, 15) is 10.1 Å². The lowest BCUT2D eigenvalue weighted by atomic mass is 9.81. The molecule has 0 amide bonds. The Balaban J connectivity index is 1.67. The summed E-state index contributed by atoms with van der Waals surface area (Å²) < 4.78 is 16.5. The molecule has 1 atom stereocenters. The van der Waals surface area contributed by atoms with Crippen LogP contribution in [0.3, 0.4) is 0 Å². The number of nitrogens with two attached hydrogens (primary N) is 1. The molecule has 0 spiro atoms. The normalized spacial score (nSPS) is 15.1. The fourth-order valence-corrected chi connectivity index (χ4v) is 3.93. The topological polar surface area (TPSA) is 94.6 Å². The zero-order valence-corrected chi connectivity index (χ0v) is 19.6. The Kier molecular flexibility index (Phi) is 6.04. The van der Waals surface area contributed by atoms with Gasteiger partial charge in [0.15, 0.2) is 0 Å². The number of nitriles is 1. The van der Waals surface area contributed by atoms with Crippen molar-refractivity contribution in [1.82, 2.24) is 0 Å². The van der Waals surface area contributed by atoms with Crippen LogP contribution in [-0.2, 0) is 5.41 Å². The molecule has 1 unspecified atom stereocenters. The first kappa shape index (κ1) is 22.9. The van der Waals surface area contributed by atoms with Gasteiger partial charge in [-0.1, -0.05) is 57.2 Å². The van der Waals surface area contributed by atoms with E-state index in [0.29, 0.717) is 28.4 Å². The molecule has 0 bridgehead atoms. The molecular formula is C28H26N2O4. The molecule has 3 aromatic carbocycles. The van der Waals surface area contributed by atoms with E-state index in [1.807, 2.05) is 12.1 Å². The minimum Gasteiger partial charge on any atom is -0.497 e. The minimum absolute atomic E-state index is 0.0145. The molecule has 6 nitrogen and oxygen atoms in total. The molecule has 0 saturated carbocycles. The lowest BCUT2D eigenvalue weighted by Gasteiger charge is -2.27. The van der Waals surface area contributed by atoms with E-state index in [2.05, 4.69) is 39.0 Å². The summed E-state index contributed by atoms with van der Waals surface area (Å²) in [5.74, 6) is 0.441. The minimum atomic E-state index is -0.523. The Bertz CT molecular complexity index is 1310. The summed E-state index contributed by atoms with van der Waals surface area (Å²) >= 11 is 0. The first-order valence-electron chi connectivity index (χ1n) is 10.9. The highest BCUT2D eigenvalue weighted by molar-refractivity contribution is 5.91. The quantitative estimate of drug-likeness (QED) is 0.417. The maximum atomic E-state index is 12.6. The second kappa shape index (κ2) is 8.95. The summed E-state index contributed by atoms with van der Waals surface area (Å²) in [5, 5.41) is 9.80. The summed E-state index contributed by atoms with van der Waals surface area (Å²) in [4.78, 5) is 12.6. The van der Waals surface area contributed by atoms with Gasteiger partial charge in [-0.05, 0) is 40.8 Å². The van der Waals surface area contributed by atoms with Gasteiger partial charge >= 0.3 is 5.97 Å². The standard InChI is InChI=1S/C28H26N2O4/c1-28(2,3)19-10-8-17(9-11-19)25-22-13-12-21(15-24(22)34-26(30)23(25)16-29)33-27(31)18-6-5-7-20(14-18)32-4/h5-15,25H,30H2,1-4H3. The van der Waals surface area contributed by atoms with E-state index < -0.39 is 5.97 Å². The molecule has 4 rings (SSSR count). The van der Waals surface area contributed by atoms with E-state index in [0.717, 1.165) is 11.1 Å². The monoisotopic (exact) mass is 454 g/mol. The fourth-order valence-electron chi connectivity index (χ4n) is 3.93. The van der Waals surface area contributed by atoms with Crippen LogP contribution < -0.4 is 19.9 Å². The molecule has 2 N–H and O–H groups in total. The van der Waals surface area contributed by atoms with Crippen LogP contribution in [0.5, 0.6) is 17.2 Å². The average Bonchev–Trinajstić information content (AvgIpc) is 2.82. The van der Waals surface area contributed by atoms with E-state index in [1.165, 1.54) is 12.7 Å². The zero-order valence-electron chi connectivity index (χ0n) is 19.6. The van der Waals surface area contributed by atoms with E-state index in [-0.39, 0.29) is 17.2 Å². The Morgan fingerprint density at radius 1 is 1.03 bits per heavy atom. The van der Waals surface area contributed by atoms with E-state index in [1.54, 1.807) is 42.5 Å². The summed E-state index contributed by atoms with van der Waals surface area (Å²) in [5.41, 5.74) is 9.74. The van der Waals surface area contributed by atoms with Crippen LogP contribution in [0.2, 0.25) is 0 Å². The van der Waals surface area contributed by atoms with Crippen molar-refractivity contribution >= 4 is 5.97 Å². The van der Waals surface area contributed by atoms with Gasteiger partial charge < -0.3 is 19.9 Å². The number of carbonyl (C=O) groups excluding carboxylic acids is 1. The number of allylic oxidation sites excluding steroid dienone is 1. The van der Waals surface area contributed by atoms with Gasteiger partial charge in [0.1, 0.15) is 28.9 Å². The molecule has 1 aliphatic rings. The number of nitrogens with zero attached hydrogens (tertiary/aromatic N) is 1. The van der Waals surface area contributed by atoms with Crippen LogP contribution in [0.25, 0.3) is 0 Å². The summed E-state index contributed by atoms with van der Waals surface area (Å²) in [6.45, 7) is 6.45. The SMILES string of the molecule is COc1cccc(C(=O)Oc2ccc3c(c2)OC(N)=C(C#N)C3c2ccc(C(C)(C)C)cc2)c1. The number of esters is 1. The molecule has 1 heterocycles. The lowest BCUT2D eigenvalue weighted by molar-refractivity contribution is 0.0734. The number of carbonyl (C=O) groups is 1. The van der Waals surface area contributed by atoms with Gasteiger partial charge in [0.05, 0.1) is 18.6 Å². The molecule has 1 aliphatic heterocycles. The molecule has 172 valence electrons. The van der Waals surface area contributed by atoms with Crippen molar-refractivity contribution in [3.8, 4) is 23.3 Å². The van der Waals surface area contributed by atoms with Gasteiger partial charge in [0, 0.05) is 11.6 Å². The van der Waals surface area contributed by atoms with Crippen molar-refractivity contribution in [3.63, 3.8) is 0 Å². The molecule has 0 aromatic heterocycles. The first-order valence-corrected chi connectivity index (χ1v) is 10.9. The number of methoxy groups -OCH3 is 1. The number of fused-ring (bicyclic) bond motifs is 1. The van der Waals surface area contributed by atoms with E-state index >= 15 is 0 Å². The molecule has 0 saturated heterocycles. The van der Waals surface area contributed by atoms with Gasteiger partial charge in [-0.3, -0.25) is 0 Å². The highest BCUT2D eigenvalue weighted by Crippen LogP contribution is 2.43. The van der Waals surface area contributed by atoms with Crippen molar-refractivity contribution < 1.29 is 19.0 Å². The van der Waals surface area contributed by atoms with Gasteiger partial charge in [0.25, 0.3) is 0 Å². The number of hydrogen-bond acceptors (Lipinski definition) is 6. The van der Waals surface area contributed by atoms with Crippen molar-refractivity contribution in [2.24, 2.45) is 5.73 Å². The van der Waals surface area contributed by atoms with Gasteiger partial charge in [-0.2, -0.15) is 5.26 Å². The zero-order chi connectivity index (χ0) is 24.5. The predicted octanol–water partition coefficient (Wildman–Crippen LogP) is 5.43. The second-order valence-corrected chi connectivity index (χ2v) is 9.12. The van der Waals surface area contributed by atoms with Crippen molar-refractivity contribution in [1.29, 1.82) is 5.26 Å². The third-order valence-corrected chi connectivity index (χ3v) is 5.82. The van der Waals surface area contributed by atoms with E-state index in [4.69, 9.17) is 19.9 Å². The number of benzene rings is 3. The highest BCUT2D eigenvalue weighted by atomic mass is 16.5. The van der Waals surface area contributed by atoms with Crippen LogP contribution in [0, 0.1) is 11.3 Å². The van der Waals surface area contributed by atoms with Gasteiger partial charge in [-0.15, -0.1) is 0 Å². The molecule has 3 aromatic rings. The van der Waals surface area contributed by atoms with Crippen LogP contribution >= 0.6 is 0 Å². The Morgan fingerprint density at radius 2 is 1.76 bits per heavy atom. The molecule has 0 radical (unpaired) electrons. The summed E-state index contributed by atoms with van der Waals surface area (Å²) in [7, 11) is 1.53. The van der Waals surface area contributed by atoms with Crippen molar-refractivity contribution in [2.45, 2.75) is 32.1 Å². The number of ether oxygens (including phenoxy) is 3. The summed E-state index contributed by atoms with van der Waals surface area (Å²) in [6.07, 6.45) is 0. The van der Waals surface area contributed by atoms with Crippen LogP contribution in [-0.4, -0.2) is 13.1 Å². The maximum Gasteiger partial charge on any atom is 0.343 e. The number of hydrogen-bond donors (Lipinski definition) is 1.